The molecule has 0 spiro atoms. The summed E-state index contributed by atoms with van der Waals surface area (Å²) in [6, 6.07) is 0. The highest BCUT2D eigenvalue weighted by molar-refractivity contribution is 7.91. The van der Waals surface area contributed by atoms with Gasteiger partial charge < -0.3 is 10.1 Å². The smallest absolute Gasteiger partial charge is 0.252 e. The Morgan fingerprint density at radius 3 is 2.85 bits per heavy atom. The maximum atomic E-state index is 12.1. The summed E-state index contributed by atoms with van der Waals surface area (Å²) in [6.45, 7) is 2.76. The van der Waals surface area contributed by atoms with Crippen LogP contribution < -0.4 is 10.5 Å². The first-order chi connectivity index (χ1) is 9.39. The molecule has 1 atom stereocenters. The highest BCUT2D eigenvalue weighted by Crippen LogP contribution is 2.25. The number of rotatable bonds is 4. The molecule has 2 rings (SSSR count). The van der Waals surface area contributed by atoms with Crippen LogP contribution in [-0.4, -0.2) is 33.6 Å². The largest absolute Gasteiger partial charge is 0.376 e. The van der Waals surface area contributed by atoms with Crippen molar-refractivity contribution in [2.45, 2.75) is 36.5 Å². The number of ether oxygens (including phenoxy) is 1. The molecule has 112 valence electrons. The Hall–Kier alpha value is -0.960. The molecule has 6 nitrogen and oxygen atoms in total. The molecule has 1 fully saturated rings. The summed E-state index contributed by atoms with van der Waals surface area (Å²) >= 11 is 0.968. The molecule has 20 heavy (non-hydrogen) atoms. The van der Waals surface area contributed by atoms with Crippen LogP contribution in [0.4, 0.5) is 0 Å². The third kappa shape index (κ3) is 3.57. The van der Waals surface area contributed by atoms with Crippen LogP contribution in [0.25, 0.3) is 0 Å². The Bertz CT molecular complexity index is 589. The molecule has 3 N–H and O–H groups in total. The second-order valence-corrected chi connectivity index (χ2v) is 7.44. The first kappa shape index (κ1) is 15.4. The Labute approximate surface area is 122 Å². The lowest BCUT2D eigenvalue weighted by Crippen LogP contribution is -2.35. The van der Waals surface area contributed by atoms with Crippen LogP contribution >= 0.6 is 11.3 Å². The van der Waals surface area contributed by atoms with Gasteiger partial charge in [0.05, 0.1) is 11.7 Å². The second kappa shape index (κ2) is 6.21. The topological polar surface area (TPSA) is 98.5 Å². The van der Waals surface area contributed by atoms with Gasteiger partial charge in [0.2, 0.25) is 10.0 Å². The molecule has 0 aromatic carbocycles. The van der Waals surface area contributed by atoms with E-state index in [4.69, 9.17) is 9.88 Å². The van der Waals surface area contributed by atoms with Crippen molar-refractivity contribution in [1.29, 1.82) is 0 Å². The van der Waals surface area contributed by atoms with Gasteiger partial charge in [-0.2, -0.15) is 0 Å². The van der Waals surface area contributed by atoms with Crippen molar-refractivity contribution in [3.8, 4) is 0 Å². The van der Waals surface area contributed by atoms with E-state index >= 15 is 0 Å². The van der Waals surface area contributed by atoms with E-state index < -0.39 is 10.0 Å². The fourth-order valence-corrected chi connectivity index (χ4v) is 4.19. The lowest BCUT2D eigenvalue weighted by atomic mass is 10.1. The summed E-state index contributed by atoms with van der Waals surface area (Å²) in [5.41, 5.74) is 0.759. The Kier molecular flexibility index (Phi) is 4.79. The number of primary sulfonamides is 1. The highest BCUT2D eigenvalue weighted by atomic mass is 32.2. The van der Waals surface area contributed by atoms with Crippen molar-refractivity contribution in [3.63, 3.8) is 0 Å². The van der Waals surface area contributed by atoms with Gasteiger partial charge in [0.1, 0.15) is 4.21 Å². The fraction of sp³-hybridized carbons (Fsp3) is 0.583. The van der Waals surface area contributed by atoms with Gasteiger partial charge >= 0.3 is 0 Å². The first-order valence-electron chi connectivity index (χ1n) is 6.40. The van der Waals surface area contributed by atoms with E-state index in [0.717, 1.165) is 37.2 Å². The Morgan fingerprint density at radius 1 is 1.55 bits per heavy atom. The van der Waals surface area contributed by atoms with E-state index in [1.807, 2.05) is 0 Å². The first-order valence-corrected chi connectivity index (χ1v) is 8.83. The van der Waals surface area contributed by atoms with Crippen LogP contribution in [0.2, 0.25) is 0 Å². The maximum absolute atomic E-state index is 12.1. The van der Waals surface area contributed by atoms with E-state index in [1.165, 1.54) is 5.38 Å². The van der Waals surface area contributed by atoms with Crippen molar-refractivity contribution >= 4 is 27.3 Å². The minimum absolute atomic E-state index is 0.0385. The van der Waals surface area contributed by atoms with Crippen molar-refractivity contribution in [3.05, 3.63) is 16.5 Å². The molecule has 0 saturated carbocycles. The molecule has 1 aromatic rings. The summed E-state index contributed by atoms with van der Waals surface area (Å²) in [7, 11) is -3.77. The van der Waals surface area contributed by atoms with Crippen LogP contribution in [0, 0.1) is 6.92 Å². The molecule has 0 bridgehead atoms. The minimum atomic E-state index is -3.77. The number of nitrogens with two attached hydrogens (primary N) is 1. The highest BCUT2D eigenvalue weighted by Gasteiger charge is 2.22. The number of hydrogen-bond acceptors (Lipinski definition) is 5. The zero-order valence-corrected chi connectivity index (χ0v) is 12.9. The molecule has 8 heteroatoms. The predicted octanol–water partition coefficient (Wildman–Crippen LogP) is 1.00. The number of carbonyl (C=O) groups excluding carboxylic acids is 1. The third-order valence-electron chi connectivity index (χ3n) is 3.26. The Balaban J connectivity index is 2.01. The molecular weight excluding hydrogens is 300 g/mol. The summed E-state index contributed by atoms with van der Waals surface area (Å²) in [6.07, 6.45) is 3.15. The summed E-state index contributed by atoms with van der Waals surface area (Å²) in [5.74, 6) is -0.289. The monoisotopic (exact) mass is 318 g/mol. The molecule has 1 saturated heterocycles. The molecule has 1 unspecified atom stereocenters. The van der Waals surface area contributed by atoms with Crippen molar-refractivity contribution in [1.82, 2.24) is 5.32 Å². The lowest BCUT2D eigenvalue weighted by molar-refractivity contribution is 0.0169. The average Bonchev–Trinajstić information content (AvgIpc) is 2.79. The zero-order chi connectivity index (χ0) is 14.8. The van der Waals surface area contributed by atoms with Gasteiger partial charge in [0.15, 0.2) is 0 Å². The molecule has 0 radical (unpaired) electrons. The molecule has 0 aliphatic carbocycles. The maximum Gasteiger partial charge on any atom is 0.252 e. The number of nitrogens with one attached hydrogen (secondary N) is 1. The van der Waals surface area contributed by atoms with Crippen LogP contribution in [0.1, 0.15) is 35.2 Å². The summed E-state index contributed by atoms with van der Waals surface area (Å²) < 4.78 is 28.2. The van der Waals surface area contributed by atoms with Crippen molar-refractivity contribution in [2.24, 2.45) is 5.14 Å². The minimum Gasteiger partial charge on any atom is -0.376 e. The predicted molar refractivity (Wildman–Crippen MR) is 76.4 cm³/mol. The number of amides is 1. The molecule has 1 aliphatic rings. The van der Waals surface area contributed by atoms with E-state index in [-0.39, 0.29) is 16.2 Å². The average molecular weight is 318 g/mol. The van der Waals surface area contributed by atoms with E-state index in [1.54, 1.807) is 6.92 Å². The molecular formula is C12H18N2O4S2. The molecule has 1 aliphatic heterocycles. The van der Waals surface area contributed by atoms with Gasteiger partial charge in [-0.05, 0) is 31.7 Å². The lowest BCUT2D eigenvalue weighted by Gasteiger charge is -2.22. The Morgan fingerprint density at radius 2 is 2.30 bits per heavy atom. The number of hydrogen-bond donors (Lipinski definition) is 2. The number of sulfonamides is 1. The van der Waals surface area contributed by atoms with Crippen molar-refractivity contribution in [2.75, 3.05) is 13.2 Å². The quantitative estimate of drug-likeness (QED) is 0.865. The molecule has 2 heterocycles. The summed E-state index contributed by atoms with van der Waals surface area (Å²) in [5, 5.41) is 9.39. The van der Waals surface area contributed by atoms with Gasteiger partial charge in [0.25, 0.3) is 5.91 Å². The van der Waals surface area contributed by atoms with E-state index in [9.17, 15) is 13.2 Å². The van der Waals surface area contributed by atoms with Gasteiger partial charge in [0, 0.05) is 18.5 Å². The van der Waals surface area contributed by atoms with Gasteiger partial charge in [-0.15, -0.1) is 11.3 Å². The molecule has 1 amide bonds. The van der Waals surface area contributed by atoms with Crippen LogP contribution in [0.5, 0.6) is 0 Å². The van der Waals surface area contributed by atoms with E-state index in [2.05, 4.69) is 5.32 Å². The van der Waals surface area contributed by atoms with E-state index in [0.29, 0.717) is 17.7 Å². The van der Waals surface area contributed by atoms with Crippen LogP contribution in [0.15, 0.2) is 9.59 Å². The zero-order valence-electron chi connectivity index (χ0n) is 11.2. The standard InChI is InChI=1S/C12H18N2O4S2/c1-8-10(7-19-12(8)20(13,16)17)11(15)14-6-9-4-2-3-5-18-9/h7,9H,2-6H2,1H3,(H,14,15)(H2,13,16,17). The number of carbonyl (C=O) groups is 1. The van der Waals surface area contributed by atoms with Gasteiger partial charge in [-0.1, -0.05) is 0 Å². The fourth-order valence-electron chi connectivity index (χ4n) is 2.17. The van der Waals surface area contributed by atoms with Crippen LogP contribution in [0.3, 0.4) is 0 Å². The van der Waals surface area contributed by atoms with Crippen LogP contribution in [-0.2, 0) is 14.8 Å². The van der Waals surface area contributed by atoms with Gasteiger partial charge in [-0.3, -0.25) is 4.79 Å². The molecule has 1 aromatic heterocycles. The second-order valence-electron chi connectivity index (χ2n) is 4.81. The SMILES string of the molecule is Cc1c(C(=O)NCC2CCCCO2)csc1S(N)(=O)=O. The van der Waals surface area contributed by atoms with Gasteiger partial charge in [-0.25, -0.2) is 13.6 Å². The third-order valence-corrected chi connectivity index (χ3v) is 5.94. The summed E-state index contributed by atoms with van der Waals surface area (Å²) in [4.78, 5) is 12.1. The van der Waals surface area contributed by atoms with Crippen molar-refractivity contribution < 1.29 is 17.9 Å². The normalized spacial score (nSPS) is 19.8. The number of thiophene rings is 1.